The summed E-state index contributed by atoms with van der Waals surface area (Å²) in [6.45, 7) is 0.0250. The Morgan fingerprint density at radius 3 is 2.50 bits per heavy atom. The van der Waals surface area contributed by atoms with E-state index < -0.39 is 25.2 Å². The lowest BCUT2D eigenvalue weighted by Crippen LogP contribution is -2.36. The smallest absolute Gasteiger partial charge is 0.405 e. The van der Waals surface area contributed by atoms with E-state index in [1.807, 2.05) is 31.2 Å². The van der Waals surface area contributed by atoms with E-state index >= 15 is 0 Å². The summed E-state index contributed by atoms with van der Waals surface area (Å²) in [5.41, 5.74) is 3.97. The van der Waals surface area contributed by atoms with E-state index in [1.54, 1.807) is 17.4 Å². The highest BCUT2D eigenvalue weighted by Crippen LogP contribution is 2.33. The SMILES string of the molecule is Cc1cccc(NC(=O)c2ccc(OCC(=O)NCC(F)(F)F)c3c2CCCC3)c1. The van der Waals surface area contributed by atoms with Crippen molar-refractivity contribution in [3.8, 4) is 5.75 Å². The maximum atomic E-state index is 12.8. The van der Waals surface area contributed by atoms with Crippen molar-refractivity contribution in [1.29, 1.82) is 0 Å². The molecule has 0 radical (unpaired) electrons. The third kappa shape index (κ3) is 5.75. The summed E-state index contributed by atoms with van der Waals surface area (Å²) in [6.07, 6.45) is -1.26. The van der Waals surface area contributed by atoms with Gasteiger partial charge < -0.3 is 15.4 Å². The van der Waals surface area contributed by atoms with Gasteiger partial charge in [0.2, 0.25) is 0 Å². The van der Waals surface area contributed by atoms with Crippen molar-refractivity contribution >= 4 is 17.5 Å². The Kier molecular flexibility index (Phi) is 6.64. The van der Waals surface area contributed by atoms with Crippen LogP contribution >= 0.6 is 0 Å². The minimum atomic E-state index is -4.47. The molecule has 0 aromatic heterocycles. The summed E-state index contributed by atoms with van der Waals surface area (Å²) in [6, 6.07) is 10.7. The number of aryl methyl sites for hydroxylation is 1. The Morgan fingerprint density at radius 2 is 1.80 bits per heavy atom. The van der Waals surface area contributed by atoms with Crippen LogP contribution in [0.1, 0.15) is 39.9 Å². The molecule has 3 rings (SSSR count). The van der Waals surface area contributed by atoms with Crippen molar-refractivity contribution in [2.45, 2.75) is 38.8 Å². The second-order valence-corrected chi connectivity index (χ2v) is 7.28. The minimum absolute atomic E-state index is 0.228. The van der Waals surface area contributed by atoms with E-state index in [0.717, 1.165) is 29.5 Å². The summed E-state index contributed by atoms with van der Waals surface area (Å²) in [5, 5.41) is 4.68. The second-order valence-electron chi connectivity index (χ2n) is 7.28. The third-order valence-corrected chi connectivity index (χ3v) is 4.86. The van der Waals surface area contributed by atoms with Crippen LogP contribution in [-0.4, -0.2) is 31.1 Å². The molecule has 160 valence electrons. The molecule has 1 aliphatic rings. The van der Waals surface area contributed by atoms with Crippen molar-refractivity contribution in [3.63, 3.8) is 0 Å². The van der Waals surface area contributed by atoms with Gasteiger partial charge in [-0.2, -0.15) is 13.2 Å². The number of hydrogen-bond donors (Lipinski definition) is 2. The fourth-order valence-corrected chi connectivity index (χ4v) is 3.50. The summed E-state index contributed by atoms with van der Waals surface area (Å²) in [4.78, 5) is 24.5. The monoisotopic (exact) mass is 420 g/mol. The normalized spacial score (nSPS) is 13.3. The summed E-state index contributed by atoms with van der Waals surface area (Å²) < 4.78 is 42.1. The highest BCUT2D eigenvalue weighted by molar-refractivity contribution is 6.05. The summed E-state index contributed by atoms with van der Waals surface area (Å²) >= 11 is 0. The standard InChI is InChI=1S/C22H23F3N2O3/c1-14-5-4-6-15(11-14)27-21(29)18-9-10-19(17-8-3-2-7-16(17)18)30-12-20(28)26-13-22(23,24)25/h4-6,9-11H,2-3,7-8,12-13H2,1H3,(H,26,28)(H,27,29). The first-order valence-corrected chi connectivity index (χ1v) is 9.72. The highest BCUT2D eigenvalue weighted by Gasteiger charge is 2.28. The van der Waals surface area contributed by atoms with E-state index in [4.69, 9.17) is 4.74 Å². The van der Waals surface area contributed by atoms with Gasteiger partial charge in [0.15, 0.2) is 6.61 Å². The molecule has 0 aliphatic heterocycles. The number of fused-ring (bicyclic) bond motifs is 1. The molecule has 5 nitrogen and oxygen atoms in total. The van der Waals surface area contributed by atoms with E-state index in [2.05, 4.69) is 5.32 Å². The van der Waals surface area contributed by atoms with Crippen LogP contribution in [0.2, 0.25) is 0 Å². The molecule has 1 aliphatic carbocycles. The Labute approximate surface area is 172 Å². The Morgan fingerprint density at radius 1 is 1.07 bits per heavy atom. The average molecular weight is 420 g/mol. The van der Waals surface area contributed by atoms with Crippen molar-refractivity contribution in [2.75, 3.05) is 18.5 Å². The molecule has 8 heteroatoms. The first-order chi connectivity index (χ1) is 14.2. The zero-order chi connectivity index (χ0) is 21.7. The number of alkyl halides is 3. The number of benzene rings is 2. The van der Waals surface area contributed by atoms with E-state index in [1.165, 1.54) is 0 Å². The van der Waals surface area contributed by atoms with Crippen LogP contribution < -0.4 is 15.4 Å². The van der Waals surface area contributed by atoms with Crippen LogP contribution in [0, 0.1) is 6.92 Å². The first kappa shape index (κ1) is 21.7. The van der Waals surface area contributed by atoms with Crippen LogP contribution in [0.4, 0.5) is 18.9 Å². The van der Waals surface area contributed by atoms with E-state index in [-0.39, 0.29) is 5.91 Å². The molecular weight excluding hydrogens is 397 g/mol. The van der Waals surface area contributed by atoms with Gasteiger partial charge >= 0.3 is 6.18 Å². The molecule has 2 aromatic carbocycles. The molecule has 0 heterocycles. The third-order valence-electron chi connectivity index (χ3n) is 4.86. The number of carbonyl (C=O) groups is 2. The van der Waals surface area contributed by atoms with E-state index in [9.17, 15) is 22.8 Å². The number of hydrogen-bond acceptors (Lipinski definition) is 3. The maximum absolute atomic E-state index is 12.8. The summed E-state index contributed by atoms with van der Waals surface area (Å²) in [5.74, 6) is -0.648. The van der Waals surface area contributed by atoms with Gasteiger partial charge in [-0.25, -0.2) is 0 Å². The van der Waals surface area contributed by atoms with Crippen LogP contribution in [0.5, 0.6) is 5.75 Å². The number of ether oxygens (including phenoxy) is 1. The van der Waals surface area contributed by atoms with Crippen LogP contribution in [0.3, 0.4) is 0 Å². The number of anilines is 1. The topological polar surface area (TPSA) is 67.4 Å². The van der Waals surface area contributed by atoms with Crippen molar-refractivity contribution < 1.29 is 27.5 Å². The highest BCUT2D eigenvalue weighted by atomic mass is 19.4. The molecule has 0 saturated carbocycles. The van der Waals surface area contributed by atoms with Crippen LogP contribution in [0.15, 0.2) is 36.4 Å². The van der Waals surface area contributed by atoms with Gasteiger partial charge in [0.05, 0.1) is 0 Å². The fourth-order valence-electron chi connectivity index (χ4n) is 3.50. The van der Waals surface area contributed by atoms with Crippen molar-refractivity contribution in [2.24, 2.45) is 0 Å². The quantitative estimate of drug-likeness (QED) is 0.737. The molecule has 2 N–H and O–H groups in total. The summed E-state index contributed by atoms with van der Waals surface area (Å²) in [7, 11) is 0. The van der Waals surface area contributed by atoms with Gasteiger partial charge in [-0.1, -0.05) is 12.1 Å². The molecule has 0 unspecified atom stereocenters. The molecule has 0 saturated heterocycles. The molecule has 0 spiro atoms. The predicted octanol–water partition coefficient (Wildman–Crippen LogP) is 4.18. The fraction of sp³-hybridized carbons (Fsp3) is 0.364. The van der Waals surface area contributed by atoms with Gasteiger partial charge in [-0.3, -0.25) is 9.59 Å². The zero-order valence-corrected chi connectivity index (χ0v) is 16.6. The minimum Gasteiger partial charge on any atom is -0.483 e. The van der Waals surface area contributed by atoms with Gasteiger partial charge in [0.1, 0.15) is 12.3 Å². The Balaban J connectivity index is 1.73. The molecule has 30 heavy (non-hydrogen) atoms. The molecule has 0 fully saturated rings. The lowest BCUT2D eigenvalue weighted by molar-refractivity contribution is -0.139. The van der Waals surface area contributed by atoms with Gasteiger partial charge in [0, 0.05) is 11.3 Å². The van der Waals surface area contributed by atoms with Crippen molar-refractivity contribution in [1.82, 2.24) is 5.32 Å². The number of halogens is 3. The molecule has 2 aromatic rings. The number of nitrogens with one attached hydrogen (secondary N) is 2. The predicted molar refractivity (Wildman–Crippen MR) is 107 cm³/mol. The zero-order valence-electron chi connectivity index (χ0n) is 16.6. The van der Waals surface area contributed by atoms with Gasteiger partial charge in [-0.15, -0.1) is 0 Å². The first-order valence-electron chi connectivity index (χ1n) is 9.72. The molecular formula is C22H23F3N2O3. The lowest BCUT2D eigenvalue weighted by atomic mass is 9.87. The van der Waals surface area contributed by atoms with Crippen LogP contribution in [0.25, 0.3) is 0 Å². The molecule has 2 amide bonds. The second kappa shape index (κ2) is 9.19. The van der Waals surface area contributed by atoms with Gasteiger partial charge in [-0.05, 0) is 73.6 Å². The number of carbonyl (C=O) groups excluding carboxylic acids is 2. The maximum Gasteiger partial charge on any atom is 0.405 e. The largest absolute Gasteiger partial charge is 0.483 e. The van der Waals surface area contributed by atoms with Crippen molar-refractivity contribution in [3.05, 3.63) is 58.7 Å². The molecule has 0 bridgehead atoms. The lowest BCUT2D eigenvalue weighted by Gasteiger charge is -2.22. The average Bonchev–Trinajstić information content (AvgIpc) is 2.69. The van der Waals surface area contributed by atoms with Gasteiger partial charge in [0.25, 0.3) is 11.8 Å². The Hall–Kier alpha value is -3.03. The number of rotatable bonds is 6. The molecule has 0 atom stereocenters. The van der Waals surface area contributed by atoms with Crippen LogP contribution in [-0.2, 0) is 17.6 Å². The Bertz CT molecular complexity index is 942. The van der Waals surface area contributed by atoms with E-state index in [0.29, 0.717) is 29.8 Å². The number of amides is 2.